The molecule has 2 aromatic rings. The molecule has 0 amide bonds. The van der Waals surface area contributed by atoms with Gasteiger partial charge in [-0.3, -0.25) is 0 Å². The smallest absolute Gasteiger partial charge is 0.113 e. The Hall–Kier alpha value is -1.19. The Morgan fingerprint density at radius 3 is 2.50 bits per heavy atom. The van der Waals surface area contributed by atoms with Gasteiger partial charge >= 0.3 is 0 Å². The molecule has 1 aliphatic carbocycles. The van der Waals surface area contributed by atoms with Crippen LogP contribution in [0.3, 0.4) is 0 Å². The number of nitrogens with two attached hydrogens (primary N) is 1. The molecule has 1 heterocycles. The van der Waals surface area contributed by atoms with Crippen LogP contribution in [0.1, 0.15) is 43.7 Å². The maximum Gasteiger partial charge on any atom is 0.113 e. The first kappa shape index (κ1) is 13.8. The average Bonchev–Trinajstić information content (AvgIpc) is 2.86. The van der Waals surface area contributed by atoms with E-state index in [0.717, 1.165) is 30.0 Å². The van der Waals surface area contributed by atoms with E-state index in [-0.39, 0.29) is 5.54 Å². The molecule has 3 heteroatoms. The molecule has 2 N–H and O–H groups in total. The minimum atomic E-state index is -0.138. The molecule has 3 rings (SSSR count). The number of thiazole rings is 1. The number of nitrogens with zero attached hydrogens (tertiary/aromatic N) is 1. The lowest BCUT2D eigenvalue weighted by Crippen LogP contribution is -2.43. The van der Waals surface area contributed by atoms with E-state index < -0.39 is 0 Å². The van der Waals surface area contributed by atoms with Crippen LogP contribution in [-0.4, -0.2) is 4.98 Å². The zero-order chi connectivity index (χ0) is 14.2. The van der Waals surface area contributed by atoms with E-state index in [2.05, 4.69) is 43.5 Å². The number of benzene rings is 1. The third-order valence-corrected chi connectivity index (χ3v) is 5.13. The molecule has 0 bridgehead atoms. The third kappa shape index (κ3) is 2.65. The van der Waals surface area contributed by atoms with Gasteiger partial charge < -0.3 is 5.73 Å². The van der Waals surface area contributed by atoms with Crippen molar-refractivity contribution >= 4 is 11.3 Å². The molecule has 106 valence electrons. The zero-order valence-corrected chi connectivity index (χ0v) is 13.0. The van der Waals surface area contributed by atoms with Gasteiger partial charge in [0.15, 0.2) is 0 Å². The predicted octanol–water partition coefficient (Wildman–Crippen LogP) is 4.35. The molecule has 20 heavy (non-hydrogen) atoms. The summed E-state index contributed by atoms with van der Waals surface area (Å²) in [5.74, 6) is 0.697. The van der Waals surface area contributed by atoms with E-state index in [0.29, 0.717) is 5.92 Å². The summed E-state index contributed by atoms with van der Waals surface area (Å²) in [4.78, 5) is 4.76. The van der Waals surface area contributed by atoms with Crippen LogP contribution in [0.4, 0.5) is 0 Å². The maximum absolute atomic E-state index is 6.34. The minimum absolute atomic E-state index is 0.138. The lowest BCUT2D eigenvalue weighted by atomic mass is 9.78. The van der Waals surface area contributed by atoms with Crippen LogP contribution in [0.5, 0.6) is 0 Å². The van der Waals surface area contributed by atoms with Gasteiger partial charge in [-0.15, -0.1) is 11.3 Å². The molecule has 1 aromatic heterocycles. The van der Waals surface area contributed by atoms with Crippen LogP contribution < -0.4 is 5.73 Å². The molecule has 0 aliphatic heterocycles. The summed E-state index contributed by atoms with van der Waals surface area (Å²) in [5.41, 5.74) is 9.87. The fraction of sp³-hybridized carbons (Fsp3) is 0.471. The Labute approximate surface area is 125 Å². The van der Waals surface area contributed by atoms with Crippen molar-refractivity contribution in [2.24, 2.45) is 11.7 Å². The summed E-state index contributed by atoms with van der Waals surface area (Å²) in [6, 6.07) is 8.80. The highest BCUT2D eigenvalue weighted by Gasteiger charge is 2.37. The third-order valence-electron chi connectivity index (χ3n) is 4.07. The summed E-state index contributed by atoms with van der Waals surface area (Å²) < 4.78 is 0. The lowest BCUT2D eigenvalue weighted by molar-refractivity contribution is 0.253. The molecule has 1 fully saturated rings. The van der Waals surface area contributed by atoms with Crippen LogP contribution >= 0.6 is 11.3 Å². The first-order chi connectivity index (χ1) is 9.57. The standard InChI is InChI=1S/C17H22N2S/c1-12(2)10-13-4-6-14(7-5-13)15-11-20-16(19-15)17(18)8-3-9-17/h4-7,11-12H,3,8-10,18H2,1-2H3. The number of hydrogen-bond donors (Lipinski definition) is 1. The van der Waals surface area contributed by atoms with Gasteiger partial charge in [-0.1, -0.05) is 38.1 Å². The lowest BCUT2D eigenvalue weighted by Gasteiger charge is -2.35. The molecular weight excluding hydrogens is 264 g/mol. The van der Waals surface area contributed by atoms with Crippen LogP contribution in [-0.2, 0) is 12.0 Å². The second-order valence-corrected chi connectivity index (χ2v) is 7.20. The first-order valence-electron chi connectivity index (χ1n) is 7.41. The van der Waals surface area contributed by atoms with Crippen molar-refractivity contribution in [3.8, 4) is 11.3 Å². The Balaban J connectivity index is 1.79. The highest BCUT2D eigenvalue weighted by Crippen LogP contribution is 2.41. The Morgan fingerprint density at radius 1 is 1.25 bits per heavy atom. The molecule has 0 radical (unpaired) electrons. The first-order valence-corrected chi connectivity index (χ1v) is 8.29. The van der Waals surface area contributed by atoms with Crippen molar-refractivity contribution in [1.82, 2.24) is 4.98 Å². The number of aromatic nitrogens is 1. The van der Waals surface area contributed by atoms with Crippen LogP contribution in [0, 0.1) is 5.92 Å². The van der Waals surface area contributed by atoms with Crippen molar-refractivity contribution in [3.63, 3.8) is 0 Å². The van der Waals surface area contributed by atoms with Crippen molar-refractivity contribution in [1.29, 1.82) is 0 Å². The molecule has 2 nitrogen and oxygen atoms in total. The fourth-order valence-electron chi connectivity index (χ4n) is 2.69. The topological polar surface area (TPSA) is 38.9 Å². The van der Waals surface area contributed by atoms with E-state index in [1.54, 1.807) is 11.3 Å². The van der Waals surface area contributed by atoms with Gasteiger partial charge in [0.2, 0.25) is 0 Å². The summed E-state index contributed by atoms with van der Waals surface area (Å²) in [6.07, 6.45) is 4.52. The number of rotatable bonds is 4. The Morgan fingerprint density at radius 2 is 1.95 bits per heavy atom. The van der Waals surface area contributed by atoms with Crippen LogP contribution in [0.15, 0.2) is 29.6 Å². The monoisotopic (exact) mass is 286 g/mol. The largest absolute Gasteiger partial charge is 0.319 e. The molecule has 0 atom stereocenters. The molecular formula is C17H22N2S. The number of hydrogen-bond acceptors (Lipinski definition) is 3. The van der Waals surface area contributed by atoms with Gasteiger partial charge in [-0.2, -0.15) is 0 Å². The molecule has 0 saturated heterocycles. The second kappa shape index (κ2) is 5.30. The van der Waals surface area contributed by atoms with E-state index in [1.807, 2.05) is 0 Å². The van der Waals surface area contributed by atoms with Gasteiger partial charge in [0.05, 0.1) is 11.2 Å². The quantitative estimate of drug-likeness (QED) is 0.907. The molecule has 0 unspecified atom stereocenters. The molecule has 1 aromatic carbocycles. The fourth-order valence-corrected chi connectivity index (χ4v) is 3.69. The van der Waals surface area contributed by atoms with Gasteiger partial charge in [0, 0.05) is 10.9 Å². The summed E-state index contributed by atoms with van der Waals surface area (Å²) in [5, 5.41) is 3.24. The normalized spacial score (nSPS) is 17.2. The van der Waals surface area contributed by atoms with Gasteiger partial charge in [0.1, 0.15) is 5.01 Å². The summed E-state index contributed by atoms with van der Waals surface area (Å²) in [6.45, 7) is 4.50. The minimum Gasteiger partial charge on any atom is -0.319 e. The molecule has 1 aliphatic rings. The Bertz CT molecular complexity index is 579. The summed E-state index contributed by atoms with van der Waals surface area (Å²) in [7, 11) is 0. The van der Waals surface area contributed by atoms with Gasteiger partial charge in [0.25, 0.3) is 0 Å². The van der Waals surface area contributed by atoms with Crippen molar-refractivity contribution in [3.05, 3.63) is 40.2 Å². The molecule has 0 spiro atoms. The van der Waals surface area contributed by atoms with Gasteiger partial charge in [-0.05, 0) is 37.2 Å². The van der Waals surface area contributed by atoms with E-state index in [4.69, 9.17) is 10.7 Å². The highest BCUT2D eigenvalue weighted by atomic mass is 32.1. The van der Waals surface area contributed by atoms with Crippen molar-refractivity contribution < 1.29 is 0 Å². The van der Waals surface area contributed by atoms with E-state index >= 15 is 0 Å². The second-order valence-electron chi connectivity index (χ2n) is 6.34. The summed E-state index contributed by atoms with van der Waals surface area (Å²) >= 11 is 1.71. The van der Waals surface area contributed by atoms with Crippen LogP contribution in [0.2, 0.25) is 0 Å². The van der Waals surface area contributed by atoms with Gasteiger partial charge in [-0.25, -0.2) is 4.98 Å². The zero-order valence-electron chi connectivity index (χ0n) is 12.2. The maximum atomic E-state index is 6.34. The molecule has 1 saturated carbocycles. The van der Waals surface area contributed by atoms with E-state index in [9.17, 15) is 0 Å². The average molecular weight is 286 g/mol. The van der Waals surface area contributed by atoms with Crippen LogP contribution in [0.25, 0.3) is 11.3 Å². The Kier molecular flexibility index (Phi) is 3.65. The SMILES string of the molecule is CC(C)Cc1ccc(-c2csc(C3(N)CCC3)n2)cc1. The predicted molar refractivity (Wildman–Crippen MR) is 85.8 cm³/mol. The highest BCUT2D eigenvalue weighted by molar-refractivity contribution is 7.10. The van der Waals surface area contributed by atoms with Crippen molar-refractivity contribution in [2.45, 2.75) is 45.1 Å². The van der Waals surface area contributed by atoms with E-state index in [1.165, 1.54) is 17.5 Å². The van der Waals surface area contributed by atoms with Crippen molar-refractivity contribution in [2.75, 3.05) is 0 Å².